The predicted molar refractivity (Wildman–Crippen MR) is 109 cm³/mol. The van der Waals surface area contributed by atoms with E-state index in [2.05, 4.69) is 36.0 Å². The van der Waals surface area contributed by atoms with Crippen LogP contribution in [0.1, 0.15) is 54.6 Å². The summed E-state index contributed by atoms with van der Waals surface area (Å²) in [5.74, 6) is 1.08. The molecule has 130 valence electrons. The van der Waals surface area contributed by atoms with Gasteiger partial charge in [-0.05, 0) is 45.4 Å². The van der Waals surface area contributed by atoms with Gasteiger partial charge < -0.3 is 10.2 Å². The zero-order valence-corrected chi connectivity index (χ0v) is 17.7. The number of hydrogen-bond acceptors (Lipinski definition) is 3. The third-order valence-electron chi connectivity index (χ3n) is 5.17. The van der Waals surface area contributed by atoms with Gasteiger partial charge in [0.05, 0.1) is 12.2 Å². The van der Waals surface area contributed by atoms with E-state index >= 15 is 0 Å². The van der Waals surface area contributed by atoms with Crippen molar-refractivity contribution in [3.63, 3.8) is 0 Å². The van der Waals surface area contributed by atoms with Crippen LogP contribution in [-0.2, 0) is 6.54 Å². The van der Waals surface area contributed by atoms with Crippen molar-refractivity contribution in [3.05, 3.63) is 15.6 Å². The van der Waals surface area contributed by atoms with E-state index in [4.69, 9.17) is 4.99 Å². The van der Waals surface area contributed by atoms with Gasteiger partial charge in [-0.1, -0.05) is 12.8 Å². The highest BCUT2D eigenvalue weighted by Gasteiger charge is 2.41. The number of nitrogens with one attached hydrogen (secondary N) is 1. The van der Waals surface area contributed by atoms with E-state index in [0.717, 1.165) is 29.8 Å². The number of hydrogen-bond donors (Lipinski definition) is 1. The van der Waals surface area contributed by atoms with Crippen LogP contribution >= 0.6 is 35.3 Å². The molecule has 2 fully saturated rings. The maximum Gasteiger partial charge on any atom is 0.194 e. The van der Waals surface area contributed by atoms with Crippen molar-refractivity contribution in [1.29, 1.82) is 0 Å². The third-order valence-corrected chi connectivity index (χ3v) is 6.23. The second-order valence-corrected chi connectivity index (χ2v) is 8.09. The van der Waals surface area contributed by atoms with Crippen molar-refractivity contribution in [2.45, 2.75) is 59.4 Å². The van der Waals surface area contributed by atoms with Crippen LogP contribution in [0.3, 0.4) is 0 Å². The number of guanidine groups is 1. The lowest BCUT2D eigenvalue weighted by Gasteiger charge is -2.25. The number of nitrogens with zero attached hydrogens (tertiary/aromatic N) is 3. The molecule has 1 spiro atoms. The molecule has 0 radical (unpaired) electrons. The molecule has 6 heteroatoms. The Morgan fingerprint density at radius 2 is 2.04 bits per heavy atom. The first-order valence-corrected chi connectivity index (χ1v) is 9.40. The Hall–Kier alpha value is -0.370. The average Bonchev–Trinajstić information content (AvgIpc) is 3.20. The van der Waals surface area contributed by atoms with E-state index in [0.29, 0.717) is 12.0 Å². The summed E-state index contributed by atoms with van der Waals surface area (Å²) >= 11 is 1.77. The summed E-state index contributed by atoms with van der Waals surface area (Å²) in [6.45, 7) is 10.3. The molecule has 2 aliphatic rings. The summed E-state index contributed by atoms with van der Waals surface area (Å²) in [6.07, 6.45) is 6.99. The molecule has 23 heavy (non-hydrogen) atoms. The minimum Gasteiger partial charge on any atom is -0.357 e. The predicted octanol–water partition coefficient (Wildman–Crippen LogP) is 4.11. The standard InChI is InChI=1S/C17H28N4S.HI/c1-4-18-16(19-11-15-20-13(2)14(3)22-15)21-10-9-17(12-21)7-5-6-8-17;/h4-12H2,1-3H3,(H,18,19);1H. The molecule has 1 aromatic rings. The molecule has 1 aliphatic carbocycles. The van der Waals surface area contributed by atoms with Crippen LogP contribution in [0.5, 0.6) is 0 Å². The number of thiazole rings is 1. The highest BCUT2D eigenvalue weighted by atomic mass is 127. The first-order chi connectivity index (χ1) is 10.6. The molecule has 0 aromatic carbocycles. The van der Waals surface area contributed by atoms with Crippen LogP contribution in [-0.4, -0.2) is 35.5 Å². The highest BCUT2D eigenvalue weighted by Crippen LogP contribution is 2.45. The van der Waals surface area contributed by atoms with Gasteiger partial charge in [-0.3, -0.25) is 0 Å². The van der Waals surface area contributed by atoms with E-state index in [-0.39, 0.29) is 24.0 Å². The summed E-state index contributed by atoms with van der Waals surface area (Å²) in [6, 6.07) is 0. The van der Waals surface area contributed by atoms with Crippen LogP contribution in [0.2, 0.25) is 0 Å². The van der Waals surface area contributed by atoms with Crippen LogP contribution < -0.4 is 5.32 Å². The quantitative estimate of drug-likeness (QED) is 0.430. The molecule has 2 heterocycles. The number of aliphatic imine (C=N–C) groups is 1. The van der Waals surface area contributed by atoms with Gasteiger partial charge in [0.25, 0.3) is 0 Å². The lowest BCUT2D eigenvalue weighted by atomic mass is 9.86. The topological polar surface area (TPSA) is 40.5 Å². The molecule has 1 N–H and O–H groups in total. The van der Waals surface area contributed by atoms with Gasteiger partial charge in [0, 0.05) is 24.5 Å². The van der Waals surface area contributed by atoms with Gasteiger partial charge in [-0.2, -0.15) is 0 Å². The Morgan fingerprint density at radius 1 is 1.30 bits per heavy atom. The van der Waals surface area contributed by atoms with Gasteiger partial charge in [0.2, 0.25) is 0 Å². The molecular formula is C17H29IN4S. The first kappa shape index (κ1) is 19.0. The Labute approximate surface area is 161 Å². The minimum atomic E-state index is 0. The minimum absolute atomic E-state index is 0. The molecule has 0 unspecified atom stereocenters. The largest absolute Gasteiger partial charge is 0.357 e. The summed E-state index contributed by atoms with van der Waals surface area (Å²) in [4.78, 5) is 13.2. The van der Waals surface area contributed by atoms with Gasteiger partial charge in [-0.25, -0.2) is 9.98 Å². The van der Waals surface area contributed by atoms with Gasteiger partial charge in [-0.15, -0.1) is 35.3 Å². The Balaban J connectivity index is 0.00000192. The maximum absolute atomic E-state index is 4.85. The Kier molecular flexibility index (Phi) is 6.71. The molecule has 1 aromatic heterocycles. The van der Waals surface area contributed by atoms with Crippen molar-refractivity contribution >= 4 is 41.3 Å². The molecule has 4 nitrogen and oxygen atoms in total. The molecule has 0 amide bonds. The number of halogens is 1. The summed E-state index contributed by atoms with van der Waals surface area (Å²) in [5.41, 5.74) is 1.73. The van der Waals surface area contributed by atoms with Crippen LogP contribution in [0.25, 0.3) is 0 Å². The molecule has 1 aliphatic heterocycles. The van der Waals surface area contributed by atoms with Gasteiger partial charge in [0.15, 0.2) is 5.96 Å². The van der Waals surface area contributed by atoms with Crippen molar-refractivity contribution in [2.24, 2.45) is 10.4 Å². The van der Waals surface area contributed by atoms with Crippen molar-refractivity contribution < 1.29 is 0 Å². The van der Waals surface area contributed by atoms with Gasteiger partial charge >= 0.3 is 0 Å². The summed E-state index contributed by atoms with van der Waals surface area (Å²) in [7, 11) is 0. The molecule has 1 saturated heterocycles. The zero-order chi connectivity index (χ0) is 15.6. The third kappa shape index (κ3) is 4.38. The highest BCUT2D eigenvalue weighted by molar-refractivity contribution is 14.0. The number of rotatable bonds is 3. The molecule has 0 bridgehead atoms. The van der Waals surface area contributed by atoms with E-state index in [1.807, 2.05) is 0 Å². The fourth-order valence-electron chi connectivity index (χ4n) is 3.82. The second kappa shape index (κ2) is 8.14. The Morgan fingerprint density at radius 3 is 2.65 bits per heavy atom. The SMILES string of the molecule is CCNC(=NCc1nc(C)c(C)s1)N1CCC2(CCCC2)C1.I. The van der Waals surface area contributed by atoms with E-state index < -0.39 is 0 Å². The normalized spacial score (nSPS) is 20.1. The van der Waals surface area contributed by atoms with Crippen molar-refractivity contribution in [1.82, 2.24) is 15.2 Å². The lowest BCUT2D eigenvalue weighted by molar-refractivity contribution is 0.309. The van der Waals surface area contributed by atoms with Gasteiger partial charge in [0.1, 0.15) is 5.01 Å². The summed E-state index contributed by atoms with van der Waals surface area (Å²) < 4.78 is 0. The van der Waals surface area contributed by atoms with Crippen LogP contribution in [0.15, 0.2) is 4.99 Å². The first-order valence-electron chi connectivity index (χ1n) is 8.58. The monoisotopic (exact) mass is 448 g/mol. The van der Waals surface area contributed by atoms with Crippen LogP contribution in [0.4, 0.5) is 0 Å². The number of aromatic nitrogens is 1. The fraction of sp³-hybridized carbons (Fsp3) is 0.765. The maximum atomic E-state index is 4.85. The number of aryl methyl sites for hydroxylation is 2. The second-order valence-electron chi connectivity index (χ2n) is 6.80. The van der Waals surface area contributed by atoms with Crippen LogP contribution in [0, 0.1) is 19.3 Å². The lowest BCUT2D eigenvalue weighted by Crippen LogP contribution is -2.41. The van der Waals surface area contributed by atoms with E-state index in [9.17, 15) is 0 Å². The van der Waals surface area contributed by atoms with E-state index in [1.165, 1.54) is 43.5 Å². The fourth-order valence-corrected chi connectivity index (χ4v) is 4.68. The molecule has 3 rings (SSSR count). The van der Waals surface area contributed by atoms with Crippen molar-refractivity contribution in [3.8, 4) is 0 Å². The average molecular weight is 448 g/mol. The summed E-state index contributed by atoms with van der Waals surface area (Å²) in [5, 5.41) is 4.60. The Bertz CT molecular complexity index is 529. The smallest absolute Gasteiger partial charge is 0.194 e. The zero-order valence-electron chi connectivity index (χ0n) is 14.5. The van der Waals surface area contributed by atoms with E-state index in [1.54, 1.807) is 11.3 Å². The molecular weight excluding hydrogens is 419 g/mol. The molecule has 1 saturated carbocycles. The van der Waals surface area contributed by atoms with Crippen molar-refractivity contribution in [2.75, 3.05) is 19.6 Å². The number of likely N-dealkylation sites (tertiary alicyclic amines) is 1. The molecule has 0 atom stereocenters.